The van der Waals surface area contributed by atoms with Crippen molar-refractivity contribution in [1.29, 1.82) is 0 Å². The molecule has 4 heterocycles. The van der Waals surface area contributed by atoms with Crippen molar-refractivity contribution < 1.29 is 9.21 Å². The van der Waals surface area contributed by atoms with E-state index in [2.05, 4.69) is 31.0 Å². The van der Waals surface area contributed by atoms with Gasteiger partial charge in [-0.15, -0.1) is 0 Å². The van der Waals surface area contributed by atoms with Gasteiger partial charge in [0.15, 0.2) is 17.4 Å². The standard InChI is InChI=1S/C21H27N7O2/c1-13-9-14(2)28(27-13)19-10-18(25-21(26-19)17-7-6-15(3)30-17)24-20(29)12-22-11-16-5-4-8-23-16/h6-7,9-10,16,22-23H,4-5,8,11-12H2,1-3H3,(H,24,25,26,29). The zero-order chi connectivity index (χ0) is 21.1. The lowest BCUT2D eigenvalue weighted by atomic mass is 10.2. The lowest BCUT2D eigenvalue weighted by Crippen LogP contribution is -2.37. The first kappa shape index (κ1) is 20.2. The Bertz CT molecular complexity index is 1030. The van der Waals surface area contributed by atoms with Gasteiger partial charge >= 0.3 is 0 Å². The summed E-state index contributed by atoms with van der Waals surface area (Å²) in [5.41, 5.74) is 1.83. The predicted molar refractivity (Wildman–Crippen MR) is 114 cm³/mol. The Kier molecular flexibility index (Phi) is 5.91. The molecule has 0 aliphatic carbocycles. The van der Waals surface area contributed by atoms with Crippen molar-refractivity contribution in [2.45, 2.75) is 39.7 Å². The van der Waals surface area contributed by atoms with Gasteiger partial charge < -0.3 is 20.4 Å². The van der Waals surface area contributed by atoms with E-state index in [9.17, 15) is 4.79 Å². The minimum absolute atomic E-state index is 0.160. The fraction of sp³-hybridized carbons (Fsp3) is 0.429. The van der Waals surface area contributed by atoms with Gasteiger partial charge in [-0.25, -0.2) is 14.6 Å². The van der Waals surface area contributed by atoms with E-state index < -0.39 is 0 Å². The fourth-order valence-corrected chi connectivity index (χ4v) is 3.61. The first-order chi connectivity index (χ1) is 14.5. The smallest absolute Gasteiger partial charge is 0.239 e. The average Bonchev–Trinajstić information content (AvgIpc) is 3.43. The summed E-state index contributed by atoms with van der Waals surface area (Å²) >= 11 is 0. The molecule has 1 fully saturated rings. The van der Waals surface area contributed by atoms with E-state index in [-0.39, 0.29) is 12.5 Å². The van der Waals surface area contributed by atoms with Crippen molar-refractivity contribution in [2.24, 2.45) is 0 Å². The molecule has 158 valence electrons. The molecule has 9 heteroatoms. The van der Waals surface area contributed by atoms with Crippen LogP contribution in [0.5, 0.6) is 0 Å². The van der Waals surface area contributed by atoms with E-state index in [1.807, 2.05) is 39.0 Å². The van der Waals surface area contributed by atoms with Crippen LogP contribution >= 0.6 is 0 Å². The van der Waals surface area contributed by atoms with Gasteiger partial charge in [0.25, 0.3) is 0 Å². The second kappa shape index (κ2) is 8.76. The molecule has 0 radical (unpaired) electrons. The molecule has 3 aromatic heterocycles. The van der Waals surface area contributed by atoms with Crippen molar-refractivity contribution in [1.82, 2.24) is 30.4 Å². The number of hydrogen-bond acceptors (Lipinski definition) is 7. The van der Waals surface area contributed by atoms with Crippen LogP contribution in [0.2, 0.25) is 0 Å². The third-order valence-electron chi connectivity index (χ3n) is 5.01. The summed E-state index contributed by atoms with van der Waals surface area (Å²) in [5, 5.41) is 14.0. The number of carbonyl (C=O) groups excluding carboxylic acids is 1. The van der Waals surface area contributed by atoms with Crippen LogP contribution in [-0.2, 0) is 4.79 Å². The molecule has 1 aliphatic rings. The minimum atomic E-state index is -0.160. The van der Waals surface area contributed by atoms with E-state index in [0.29, 0.717) is 29.3 Å². The average molecular weight is 409 g/mol. The van der Waals surface area contributed by atoms with Gasteiger partial charge in [0.2, 0.25) is 5.91 Å². The molecule has 30 heavy (non-hydrogen) atoms. The normalized spacial score (nSPS) is 16.2. The van der Waals surface area contributed by atoms with Gasteiger partial charge in [-0.1, -0.05) is 0 Å². The number of hydrogen-bond donors (Lipinski definition) is 3. The number of furan rings is 1. The quantitative estimate of drug-likeness (QED) is 0.548. The first-order valence-corrected chi connectivity index (χ1v) is 10.2. The van der Waals surface area contributed by atoms with Crippen molar-refractivity contribution in [3.8, 4) is 17.4 Å². The second-order valence-electron chi connectivity index (χ2n) is 7.66. The summed E-state index contributed by atoms with van der Waals surface area (Å²) in [6.45, 7) is 7.77. The van der Waals surface area contributed by atoms with Gasteiger partial charge in [-0.05, 0) is 58.4 Å². The number of aromatic nitrogens is 4. The molecule has 1 aliphatic heterocycles. The van der Waals surface area contributed by atoms with Crippen LogP contribution in [0.1, 0.15) is 30.0 Å². The van der Waals surface area contributed by atoms with E-state index in [4.69, 9.17) is 4.42 Å². The Hall–Kier alpha value is -3.04. The highest BCUT2D eigenvalue weighted by atomic mass is 16.3. The van der Waals surface area contributed by atoms with Crippen LogP contribution in [0, 0.1) is 20.8 Å². The summed E-state index contributed by atoms with van der Waals surface area (Å²) in [6, 6.07) is 7.79. The topological polar surface area (TPSA) is 110 Å². The second-order valence-corrected chi connectivity index (χ2v) is 7.66. The number of rotatable bonds is 7. The molecule has 4 rings (SSSR count). The van der Waals surface area contributed by atoms with Crippen molar-refractivity contribution in [3.05, 3.63) is 41.4 Å². The number of anilines is 1. The Morgan fingerprint density at radius 1 is 1.27 bits per heavy atom. The molecule has 0 saturated carbocycles. The fourth-order valence-electron chi connectivity index (χ4n) is 3.61. The highest BCUT2D eigenvalue weighted by Crippen LogP contribution is 2.22. The maximum Gasteiger partial charge on any atom is 0.239 e. The maximum absolute atomic E-state index is 12.5. The zero-order valence-electron chi connectivity index (χ0n) is 17.5. The largest absolute Gasteiger partial charge is 0.458 e. The third kappa shape index (κ3) is 4.74. The Labute approximate surface area is 175 Å². The van der Waals surface area contributed by atoms with Gasteiger partial charge in [0, 0.05) is 24.3 Å². The van der Waals surface area contributed by atoms with Crippen molar-refractivity contribution in [2.75, 3.05) is 25.0 Å². The lowest BCUT2D eigenvalue weighted by molar-refractivity contribution is -0.115. The number of aryl methyl sites for hydroxylation is 3. The van der Waals surface area contributed by atoms with Crippen molar-refractivity contribution >= 4 is 11.7 Å². The molecule has 0 aromatic carbocycles. The molecular formula is C21H27N7O2. The van der Waals surface area contributed by atoms with Crippen LogP contribution in [0.4, 0.5) is 5.82 Å². The van der Waals surface area contributed by atoms with Crippen molar-refractivity contribution in [3.63, 3.8) is 0 Å². The van der Waals surface area contributed by atoms with Gasteiger partial charge in [0.1, 0.15) is 11.6 Å². The monoisotopic (exact) mass is 409 g/mol. The Morgan fingerprint density at radius 3 is 2.80 bits per heavy atom. The number of carbonyl (C=O) groups is 1. The molecule has 0 spiro atoms. The number of amides is 1. The van der Waals surface area contributed by atoms with Crippen LogP contribution < -0.4 is 16.0 Å². The van der Waals surface area contributed by atoms with Crippen LogP contribution in [0.15, 0.2) is 28.7 Å². The summed E-state index contributed by atoms with van der Waals surface area (Å²) in [4.78, 5) is 21.5. The summed E-state index contributed by atoms with van der Waals surface area (Å²) < 4.78 is 7.42. The summed E-state index contributed by atoms with van der Waals surface area (Å²) in [6.07, 6.45) is 2.32. The third-order valence-corrected chi connectivity index (χ3v) is 5.01. The molecule has 1 unspecified atom stereocenters. The molecule has 3 aromatic rings. The maximum atomic E-state index is 12.5. The van der Waals surface area contributed by atoms with Gasteiger partial charge in [-0.3, -0.25) is 4.79 Å². The van der Waals surface area contributed by atoms with Gasteiger partial charge in [0.05, 0.1) is 12.2 Å². The van der Waals surface area contributed by atoms with E-state index >= 15 is 0 Å². The SMILES string of the molecule is Cc1cc(C)n(-c2cc(NC(=O)CNCC3CCCN3)nc(-c3ccc(C)o3)n2)n1. The zero-order valence-corrected chi connectivity index (χ0v) is 17.5. The van der Waals surface area contributed by atoms with Crippen LogP contribution in [-0.4, -0.2) is 51.3 Å². The molecule has 1 saturated heterocycles. The molecule has 9 nitrogen and oxygen atoms in total. The lowest BCUT2D eigenvalue weighted by Gasteiger charge is -2.12. The Balaban J connectivity index is 1.54. The highest BCUT2D eigenvalue weighted by Gasteiger charge is 2.16. The number of nitrogens with one attached hydrogen (secondary N) is 3. The number of nitrogens with zero attached hydrogens (tertiary/aromatic N) is 4. The molecular weight excluding hydrogens is 382 g/mol. The summed E-state index contributed by atoms with van der Waals surface area (Å²) in [5.74, 6) is 2.51. The van der Waals surface area contributed by atoms with Crippen LogP contribution in [0.3, 0.4) is 0 Å². The molecule has 3 N–H and O–H groups in total. The van der Waals surface area contributed by atoms with E-state index in [1.165, 1.54) is 6.42 Å². The Morgan fingerprint density at radius 2 is 2.13 bits per heavy atom. The van der Waals surface area contributed by atoms with E-state index in [0.717, 1.165) is 36.7 Å². The predicted octanol–water partition coefficient (Wildman–Crippen LogP) is 2.13. The first-order valence-electron chi connectivity index (χ1n) is 10.2. The minimum Gasteiger partial charge on any atom is -0.458 e. The molecule has 1 atom stereocenters. The molecule has 1 amide bonds. The van der Waals surface area contributed by atoms with Crippen LogP contribution in [0.25, 0.3) is 17.4 Å². The molecule has 0 bridgehead atoms. The van der Waals surface area contributed by atoms with Gasteiger partial charge in [-0.2, -0.15) is 5.10 Å². The highest BCUT2D eigenvalue weighted by molar-refractivity contribution is 5.91. The van der Waals surface area contributed by atoms with E-state index in [1.54, 1.807) is 10.7 Å². The summed E-state index contributed by atoms with van der Waals surface area (Å²) in [7, 11) is 0.